The summed E-state index contributed by atoms with van der Waals surface area (Å²) in [5.74, 6) is 0.651. The van der Waals surface area contributed by atoms with Crippen molar-refractivity contribution in [2.45, 2.75) is 0 Å². The van der Waals surface area contributed by atoms with Crippen LogP contribution < -0.4 is 4.74 Å². The SMILES string of the molecule is Clc1ccc2ccnc(OCCN3CCOCC3)c2c1. The Kier molecular flexibility index (Phi) is 4.35. The Balaban J connectivity index is 1.66. The van der Waals surface area contributed by atoms with Crippen molar-refractivity contribution in [2.24, 2.45) is 0 Å². The summed E-state index contributed by atoms with van der Waals surface area (Å²) in [5.41, 5.74) is 0. The number of pyridine rings is 1. The van der Waals surface area contributed by atoms with Crippen LogP contribution in [0.3, 0.4) is 0 Å². The molecule has 0 saturated carbocycles. The van der Waals surface area contributed by atoms with Crippen molar-refractivity contribution in [1.82, 2.24) is 9.88 Å². The number of hydrogen-bond donors (Lipinski definition) is 0. The van der Waals surface area contributed by atoms with Crippen molar-refractivity contribution in [3.63, 3.8) is 0 Å². The topological polar surface area (TPSA) is 34.6 Å². The van der Waals surface area contributed by atoms with Crippen molar-refractivity contribution in [3.05, 3.63) is 35.5 Å². The van der Waals surface area contributed by atoms with Crippen LogP contribution in [0.15, 0.2) is 30.5 Å². The first-order chi connectivity index (χ1) is 9.83. The molecular formula is C15H17ClN2O2. The molecule has 0 N–H and O–H groups in total. The van der Waals surface area contributed by atoms with E-state index in [1.807, 2.05) is 24.3 Å². The number of nitrogens with zero attached hydrogens (tertiary/aromatic N) is 2. The highest BCUT2D eigenvalue weighted by Gasteiger charge is 2.10. The Bertz CT molecular complexity index is 585. The van der Waals surface area contributed by atoms with Crippen LogP contribution in [-0.2, 0) is 4.74 Å². The molecule has 1 aliphatic rings. The molecule has 1 aromatic carbocycles. The second kappa shape index (κ2) is 6.39. The van der Waals surface area contributed by atoms with Crippen molar-refractivity contribution in [3.8, 4) is 5.88 Å². The maximum absolute atomic E-state index is 6.04. The first-order valence-electron chi connectivity index (χ1n) is 6.80. The predicted octanol–water partition coefficient (Wildman–Crippen LogP) is 2.60. The van der Waals surface area contributed by atoms with Gasteiger partial charge in [-0.3, -0.25) is 4.90 Å². The maximum Gasteiger partial charge on any atom is 0.221 e. The zero-order valence-corrected chi connectivity index (χ0v) is 12.0. The van der Waals surface area contributed by atoms with E-state index in [2.05, 4.69) is 9.88 Å². The number of ether oxygens (including phenoxy) is 2. The van der Waals surface area contributed by atoms with Crippen LogP contribution in [0.4, 0.5) is 0 Å². The van der Waals surface area contributed by atoms with Crippen LogP contribution in [0.2, 0.25) is 5.02 Å². The van der Waals surface area contributed by atoms with Crippen molar-refractivity contribution in [2.75, 3.05) is 39.5 Å². The minimum atomic E-state index is 0.624. The van der Waals surface area contributed by atoms with E-state index in [1.165, 1.54) is 0 Å². The molecular weight excluding hydrogens is 276 g/mol. The van der Waals surface area contributed by atoms with Gasteiger partial charge in [0.25, 0.3) is 0 Å². The molecule has 2 heterocycles. The van der Waals surface area contributed by atoms with Gasteiger partial charge in [0.05, 0.1) is 13.2 Å². The van der Waals surface area contributed by atoms with Gasteiger partial charge in [0, 0.05) is 36.2 Å². The number of fused-ring (bicyclic) bond motifs is 1. The number of hydrogen-bond acceptors (Lipinski definition) is 4. The first kappa shape index (κ1) is 13.6. The minimum absolute atomic E-state index is 0.624. The van der Waals surface area contributed by atoms with E-state index in [0.29, 0.717) is 17.5 Å². The Hall–Kier alpha value is -1.36. The normalized spacial score (nSPS) is 16.4. The highest BCUT2D eigenvalue weighted by atomic mass is 35.5. The predicted molar refractivity (Wildman–Crippen MR) is 79.5 cm³/mol. The molecule has 20 heavy (non-hydrogen) atoms. The Morgan fingerprint density at radius 2 is 2.10 bits per heavy atom. The Labute approximate surface area is 123 Å². The zero-order chi connectivity index (χ0) is 13.8. The number of halogens is 1. The summed E-state index contributed by atoms with van der Waals surface area (Å²) in [4.78, 5) is 6.64. The molecule has 1 aliphatic heterocycles. The largest absolute Gasteiger partial charge is 0.476 e. The first-order valence-corrected chi connectivity index (χ1v) is 7.18. The molecule has 3 rings (SSSR count). The van der Waals surface area contributed by atoms with Gasteiger partial charge < -0.3 is 9.47 Å². The van der Waals surface area contributed by atoms with Gasteiger partial charge in [-0.05, 0) is 23.6 Å². The lowest BCUT2D eigenvalue weighted by Crippen LogP contribution is -2.38. The molecule has 0 unspecified atom stereocenters. The third-order valence-corrected chi connectivity index (χ3v) is 3.68. The Morgan fingerprint density at radius 3 is 2.95 bits per heavy atom. The lowest BCUT2D eigenvalue weighted by Gasteiger charge is -2.26. The van der Waals surface area contributed by atoms with E-state index in [1.54, 1.807) is 6.20 Å². The molecule has 0 aliphatic carbocycles. The van der Waals surface area contributed by atoms with Gasteiger partial charge in [-0.1, -0.05) is 17.7 Å². The molecule has 1 saturated heterocycles. The molecule has 1 fully saturated rings. The molecule has 1 aromatic heterocycles. The summed E-state index contributed by atoms with van der Waals surface area (Å²) >= 11 is 6.04. The average molecular weight is 293 g/mol. The standard InChI is InChI=1S/C15H17ClN2O2/c16-13-2-1-12-3-4-17-15(14(12)11-13)20-10-7-18-5-8-19-9-6-18/h1-4,11H,5-10H2. The number of rotatable bonds is 4. The monoisotopic (exact) mass is 292 g/mol. The third-order valence-electron chi connectivity index (χ3n) is 3.44. The molecule has 2 aromatic rings. The maximum atomic E-state index is 6.04. The molecule has 4 nitrogen and oxygen atoms in total. The highest BCUT2D eigenvalue weighted by molar-refractivity contribution is 6.31. The van der Waals surface area contributed by atoms with Crippen molar-refractivity contribution >= 4 is 22.4 Å². The fourth-order valence-electron chi connectivity index (χ4n) is 2.33. The van der Waals surface area contributed by atoms with E-state index in [-0.39, 0.29) is 0 Å². The Morgan fingerprint density at radius 1 is 1.25 bits per heavy atom. The average Bonchev–Trinajstić information content (AvgIpc) is 2.49. The fourth-order valence-corrected chi connectivity index (χ4v) is 2.50. The van der Waals surface area contributed by atoms with Gasteiger partial charge in [-0.25, -0.2) is 4.98 Å². The zero-order valence-electron chi connectivity index (χ0n) is 11.2. The van der Waals surface area contributed by atoms with Crippen molar-refractivity contribution < 1.29 is 9.47 Å². The quantitative estimate of drug-likeness (QED) is 0.867. The lowest BCUT2D eigenvalue weighted by molar-refractivity contribution is 0.0321. The van der Waals surface area contributed by atoms with Gasteiger partial charge in [0.2, 0.25) is 5.88 Å². The molecule has 5 heteroatoms. The molecule has 0 spiro atoms. The molecule has 106 valence electrons. The van der Waals surface area contributed by atoms with Gasteiger partial charge in [-0.15, -0.1) is 0 Å². The third kappa shape index (κ3) is 3.20. The van der Waals surface area contributed by atoms with Gasteiger partial charge in [0.15, 0.2) is 0 Å². The lowest BCUT2D eigenvalue weighted by atomic mass is 10.2. The summed E-state index contributed by atoms with van der Waals surface area (Å²) in [7, 11) is 0. The summed E-state index contributed by atoms with van der Waals surface area (Å²) in [5, 5.41) is 2.75. The number of morpholine rings is 1. The number of aromatic nitrogens is 1. The molecule has 0 amide bonds. The molecule has 0 bridgehead atoms. The molecule has 0 radical (unpaired) electrons. The summed E-state index contributed by atoms with van der Waals surface area (Å²) in [6.45, 7) is 5.07. The van der Waals surface area contributed by atoms with Crippen LogP contribution in [-0.4, -0.2) is 49.3 Å². The van der Waals surface area contributed by atoms with Crippen LogP contribution in [0.25, 0.3) is 10.8 Å². The second-order valence-electron chi connectivity index (χ2n) is 4.78. The van der Waals surface area contributed by atoms with E-state index < -0.39 is 0 Å². The molecule has 0 atom stereocenters. The summed E-state index contributed by atoms with van der Waals surface area (Å²) < 4.78 is 11.2. The van der Waals surface area contributed by atoms with Crippen molar-refractivity contribution in [1.29, 1.82) is 0 Å². The highest BCUT2D eigenvalue weighted by Crippen LogP contribution is 2.26. The van der Waals surface area contributed by atoms with Gasteiger partial charge >= 0.3 is 0 Å². The minimum Gasteiger partial charge on any atom is -0.476 e. The van der Waals surface area contributed by atoms with Gasteiger partial charge in [0.1, 0.15) is 6.61 Å². The van der Waals surface area contributed by atoms with E-state index in [4.69, 9.17) is 21.1 Å². The van der Waals surface area contributed by atoms with Crippen LogP contribution in [0.5, 0.6) is 5.88 Å². The number of benzene rings is 1. The van der Waals surface area contributed by atoms with E-state index in [9.17, 15) is 0 Å². The van der Waals surface area contributed by atoms with E-state index >= 15 is 0 Å². The van der Waals surface area contributed by atoms with E-state index in [0.717, 1.165) is 43.6 Å². The fraction of sp³-hybridized carbons (Fsp3) is 0.400. The van der Waals surface area contributed by atoms with Crippen LogP contribution in [0, 0.1) is 0 Å². The smallest absolute Gasteiger partial charge is 0.221 e. The summed E-state index contributed by atoms with van der Waals surface area (Å²) in [6, 6.07) is 7.71. The van der Waals surface area contributed by atoms with Crippen LogP contribution >= 0.6 is 11.6 Å². The summed E-state index contributed by atoms with van der Waals surface area (Å²) in [6.07, 6.45) is 1.76. The van der Waals surface area contributed by atoms with Crippen LogP contribution in [0.1, 0.15) is 0 Å². The van der Waals surface area contributed by atoms with Gasteiger partial charge in [-0.2, -0.15) is 0 Å². The second-order valence-corrected chi connectivity index (χ2v) is 5.22.